The van der Waals surface area contributed by atoms with Crippen molar-refractivity contribution < 1.29 is 0 Å². The Morgan fingerprint density at radius 2 is 2.00 bits per heavy atom. The van der Waals surface area contributed by atoms with E-state index in [1.165, 1.54) is 0 Å². The van der Waals surface area contributed by atoms with Crippen LogP contribution in [0.3, 0.4) is 0 Å². The normalized spacial score (nSPS) is 10.7. The molecule has 0 radical (unpaired) electrons. The first kappa shape index (κ1) is 11.0. The lowest BCUT2D eigenvalue weighted by molar-refractivity contribution is 0.683. The highest BCUT2D eigenvalue weighted by Gasteiger charge is 2.03. The van der Waals surface area contributed by atoms with Crippen LogP contribution in [0, 0.1) is 0 Å². The smallest absolute Gasteiger partial charge is 0.114 e. The Balaban J connectivity index is 1.83. The van der Waals surface area contributed by atoms with Gasteiger partial charge in [-0.3, -0.25) is 4.68 Å². The third-order valence-electron chi connectivity index (χ3n) is 2.66. The number of nitrogens with two attached hydrogens (primary N) is 1. The minimum atomic E-state index is 0.715. The van der Waals surface area contributed by atoms with Crippen molar-refractivity contribution in [3.05, 3.63) is 53.2 Å². The average molecular weight is 256 g/mol. The number of rotatable bonds is 3. The van der Waals surface area contributed by atoms with Crippen LogP contribution in [0.15, 0.2) is 48.2 Å². The molecule has 4 nitrogen and oxygen atoms in total. The lowest BCUT2D eigenvalue weighted by Gasteiger charge is -1.98. The summed E-state index contributed by atoms with van der Waals surface area (Å²) < 4.78 is 1.89. The minimum Gasteiger partial charge on any atom is -0.399 e. The molecule has 18 heavy (non-hydrogen) atoms. The van der Waals surface area contributed by atoms with E-state index in [4.69, 9.17) is 5.73 Å². The standard InChI is InChI=1S/C13H12N4S/c14-12-3-1-10(2-4-12)11-7-16-17(8-11)9-13-15-5-6-18-13/h1-8H,9,14H2. The number of hydrogen-bond donors (Lipinski definition) is 1. The first-order chi connectivity index (χ1) is 8.81. The fraction of sp³-hybridized carbons (Fsp3) is 0.0769. The van der Waals surface area contributed by atoms with Crippen molar-refractivity contribution in [2.45, 2.75) is 6.54 Å². The van der Waals surface area contributed by atoms with Crippen LogP contribution in [0.4, 0.5) is 5.69 Å². The van der Waals surface area contributed by atoms with E-state index in [9.17, 15) is 0 Å². The molecule has 0 aliphatic rings. The van der Waals surface area contributed by atoms with Gasteiger partial charge in [0.15, 0.2) is 0 Å². The fourth-order valence-corrected chi connectivity index (χ4v) is 2.35. The van der Waals surface area contributed by atoms with Gasteiger partial charge in [-0.2, -0.15) is 5.10 Å². The molecule has 0 saturated heterocycles. The molecule has 2 aromatic heterocycles. The van der Waals surface area contributed by atoms with Crippen molar-refractivity contribution in [1.82, 2.24) is 14.8 Å². The van der Waals surface area contributed by atoms with Gasteiger partial charge in [-0.05, 0) is 17.7 Å². The van der Waals surface area contributed by atoms with E-state index in [1.807, 2.05) is 52.9 Å². The molecule has 5 heteroatoms. The molecule has 0 bridgehead atoms. The summed E-state index contributed by atoms with van der Waals surface area (Å²) in [5, 5.41) is 7.37. The summed E-state index contributed by atoms with van der Waals surface area (Å²) in [6, 6.07) is 7.79. The van der Waals surface area contributed by atoms with E-state index in [2.05, 4.69) is 10.1 Å². The Morgan fingerprint density at radius 1 is 1.17 bits per heavy atom. The SMILES string of the molecule is Nc1ccc(-c2cnn(Cc3nccs3)c2)cc1. The summed E-state index contributed by atoms with van der Waals surface area (Å²) in [5.74, 6) is 0. The van der Waals surface area contributed by atoms with Crippen molar-refractivity contribution in [3.8, 4) is 11.1 Å². The Hall–Kier alpha value is -2.14. The molecule has 2 heterocycles. The molecule has 3 aromatic rings. The van der Waals surface area contributed by atoms with E-state index in [0.29, 0.717) is 6.54 Å². The third-order valence-corrected chi connectivity index (χ3v) is 3.42. The van der Waals surface area contributed by atoms with Crippen LogP contribution < -0.4 is 5.73 Å². The van der Waals surface area contributed by atoms with Crippen LogP contribution in [0.5, 0.6) is 0 Å². The quantitative estimate of drug-likeness (QED) is 0.733. The summed E-state index contributed by atoms with van der Waals surface area (Å²) in [7, 11) is 0. The number of thiazole rings is 1. The predicted octanol–water partition coefficient (Wildman–Crippen LogP) is 2.64. The minimum absolute atomic E-state index is 0.715. The van der Waals surface area contributed by atoms with Crippen molar-refractivity contribution in [3.63, 3.8) is 0 Å². The maximum atomic E-state index is 5.67. The van der Waals surface area contributed by atoms with Crippen molar-refractivity contribution in [1.29, 1.82) is 0 Å². The van der Waals surface area contributed by atoms with E-state index in [0.717, 1.165) is 21.8 Å². The second-order valence-electron chi connectivity index (χ2n) is 3.97. The van der Waals surface area contributed by atoms with Crippen LogP contribution >= 0.6 is 11.3 Å². The largest absolute Gasteiger partial charge is 0.399 e. The summed E-state index contributed by atoms with van der Waals surface area (Å²) >= 11 is 1.64. The molecule has 0 amide bonds. The Kier molecular flexibility index (Phi) is 2.82. The van der Waals surface area contributed by atoms with Gasteiger partial charge < -0.3 is 5.73 Å². The first-order valence-corrected chi connectivity index (χ1v) is 6.46. The highest BCUT2D eigenvalue weighted by Crippen LogP contribution is 2.20. The van der Waals surface area contributed by atoms with Crippen LogP contribution in [-0.4, -0.2) is 14.8 Å². The zero-order valence-corrected chi connectivity index (χ0v) is 10.5. The number of nitrogen functional groups attached to an aromatic ring is 1. The molecule has 1 aromatic carbocycles. The molecule has 0 saturated carbocycles. The Labute approximate surface area is 109 Å². The molecule has 0 spiro atoms. The van der Waals surface area contributed by atoms with Crippen molar-refractivity contribution in [2.24, 2.45) is 0 Å². The van der Waals surface area contributed by atoms with Gasteiger partial charge >= 0.3 is 0 Å². The zero-order valence-electron chi connectivity index (χ0n) is 9.65. The summed E-state index contributed by atoms with van der Waals surface area (Å²) in [4.78, 5) is 4.25. The molecule has 90 valence electrons. The Bertz CT molecular complexity index is 625. The van der Waals surface area contributed by atoms with Gasteiger partial charge in [0, 0.05) is 29.0 Å². The van der Waals surface area contributed by atoms with Crippen molar-refractivity contribution in [2.75, 3.05) is 5.73 Å². The Morgan fingerprint density at radius 3 is 2.72 bits per heavy atom. The first-order valence-electron chi connectivity index (χ1n) is 5.58. The maximum Gasteiger partial charge on any atom is 0.114 e. The second-order valence-corrected chi connectivity index (χ2v) is 4.95. The number of benzene rings is 1. The summed E-state index contributed by atoms with van der Waals surface area (Å²) in [5.41, 5.74) is 8.65. The molecule has 0 aliphatic carbocycles. The van der Waals surface area contributed by atoms with Crippen molar-refractivity contribution >= 4 is 17.0 Å². The van der Waals surface area contributed by atoms with Crippen LogP contribution in [0.1, 0.15) is 5.01 Å². The number of aromatic nitrogens is 3. The molecule has 0 unspecified atom stereocenters. The van der Waals surface area contributed by atoms with Gasteiger partial charge in [-0.1, -0.05) is 12.1 Å². The average Bonchev–Trinajstić information content (AvgIpc) is 3.02. The van der Waals surface area contributed by atoms with E-state index < -0.39 is 0 Å². The lowest BCUT2D eigenvalue weighted by atomic mass is 10.1. The number of hydrogen-bond acceptors (Lipinski definition) is 4. The molecule has 3 rings (SSSR count). The number of nitrogens with zero attached hydrogens (tertiary/aromatic N) is 3. The van der Waals surface area contributed by atoms with Crippen LogP contribution in [0.25, 0.3) is 11.1 Å². The molecule has 0 atom stereocenters. The van der Waals surface area contributed by atoms with Crippen LogP contribution in [0.2, 0.25) is 0 Å². The topological polar surface area (TPSA) is 56.7 Å². The van der Waals surface area contributed by atoms with Gasteiger partial charge in [0.25, 0.3) is 0 Å². The van der Waals surface area contributed by atoms with E-state index >= 15 is 0 Å². The monoisotopic (exact) mass is 256 g/mol. The van der Waals surface area contributed by atoms with Gasteiger partial charge in [-0.15, -0.1) is 11.3 Å². The van der Waals surface area contributed by atoms with Gasteiger partial charge in [-0.25, -0.2) is 4.98 Å². The van der Waals surface area contributed by atoms with Gasteiger partial charge in [0.1, 0.15) is 5.01 Å². The van der Waals surface area contributed by atoms with E-state index in [-0.39, 0.29) is 0 Å². The van der Waals surface area contributed by atoms with Gasteiger partial charge in [0.05, 0.1) is 12.7 Å². The highest BCUT2D eigenvalue weighted by molar-refractivity contribution is 7.09. The molecule has 2 N–H and O–H groups in total. The number of anilines is 1. The molecule has 0 fully saturated rings. The molecular formula is C13H12N4S. The van der Waals surface area contributed by atoms with E-state index in [1.54, 1.807) is 11.3 Å². The molecular weight excluding hydrogens is 244 g/mol. The summed E-state index contributed by atoms with van der Waals surface area (Å²) in [6.45, 7) is 0.715. The highest BCUT2D eigenvalue weighted by atomic mass is 32.1. The summed E-state index contributed by atoms with van der Waals surface area (Å²) in [6.07, 6.45) is 5.69. The lowest BCUT2D eigenvalue weighted by Crippen LogP contribution is -1.98. The zero-order chi connectivity index (χ0) is 12.4. The maximum absolute atomic E-state index is 5.67. The second kappa shape index (κ2) is 4.62. The third kappa shape index (κ3) is 2.26. The van der Waals surface area contributed by atoms with Gasteiger partial charge in [0.2, 0.25) is 0 Å². The predicted molar refractivity (Wildman–Crippen MR) is 73.3 cm³/mol. The molecule has 0 aliphatic heterocycles. The van der Waals surface area contributed by atoms with Crippen LogP contribution in [-0.2, 0) is 6.54 Å². The fourth-order valence-electron chi connectivity index (χ4n) is 1.74.